The Bertz CT molecular complexity index is 417. The predicted molar refractivity (Wildman–Crippen MR) is 55.0 cm³/mol. The van der Waals surface area contributed by atoms with Gasteiger partial charge < -0.3 is 4.57 Å². The average molecular weight is 187 g/mol. The summed E-state index contributed by atoms with van der Waals surface area (Å²) in [4.78, 5) is 8.34. The van der Waals surface area contributed by atoms with Crippen molar-refractivity contribution in [1.82, 2.24) is 14.5 Å². The van der Waals surface area contributed by atoms with E-state index in [1.165, 1.54) is 11.3 Å². The molecule has 0 spiro atoms. The van der Waals surface area contributed by atoms with Gasteiger partial charge in [0.25, 0.3) is 0 Å². The second kappa shape index (κ2) is 3.62. The number of nitrogens with zero attached hydrogens (tertiary/aromatic N) is 3. The Morgan fingerprint density at radius 3 is 2.79 bits per heavy atom. The number of aryl methyl sites for hydroxylation is 1. The molecule has 0 bridgehead atoms. The fraction of sp³-hybridized carbons (Fsp3) is 0.273. The number of hydrogen-bond acceptors (Lipinski definition) is 2. The van der Waals surface area contributed by atoms with Crippen molar-refractivity contribution in [2.45, 2.75) is 20.4 Å². The summed E-state index contributed by atoms with van der Waals surface area (Å²) in [5.41, 5.74) is 3.51. The minimum absolute atomic E-state index is 0.848. The van der Waals surface area contributed by atoms with Crippen molar-refractivity contribution >= 4 is 0 Å². The van der Waals surface area contributed by atoms with Crippen molar-refractivity contribution in [2.24, 2.45) is 0 Å². The fourth-order valence-corrected chi connectivity index (χ4v) is 1.39. The standard InChI is InChI=1S/C11H13N3/c1-9-10(2)14(8-13-9)7-11-4-3-5-12-6-11/h3-6,8H,7H2,1-2H3. The first kappa shape index (κ1) is 8.94. The van der Waals surface area contributed by atoms with E-state index in [0.717, 1.165) is 12.2 Å². The molecule has 2 aromatic heterocycles. The van der Waals surface area contributed by atoms with E-state index >= 15 is 0 Å². The molecule has 2 heterocycles. The average Bonchev–Trinajstić information content (AvgIpc) is 2.52. The van der Waals surface area contributed by atoms with Crippen LogP contribution in [0.3, 0.4) is 0 Å². The van der Waals surface area contributed by atoms with E-state index in [1.807, 2.05) is 25.5 Å². The van der Waals surface area contributed by atoms with Crippen LogP contribution in [0, 0.1) is 13.8 Å². The van der Waals surface area contributed by atoms with E-state index < -0.39 is 0 Å². The predicted octanol–water partition coefficient (Wildman–Crippen LogP) is 1.94. The number of aromatic nitrogens is 3. The lowest BCUT2D eigenvalue weighted by atomic mass is 10.3. The van der Waals surface area contributed by atoms with E-state index in [4.69, 9.17) is 0 Å². The molecule has 0 N–H and O–H groups in total. The highest BCUT2D eigenvalue weighted by Gasteiger charge is 2.01. The molecule has 0 unspecified atom stereocenters. The van der Waals surface area contributed by atoms with Gasteiger partial charge in [-0.05, 0) is 25.5 Å². The zero-order chi connectivity index (χ0) is 9.97. The van der Waals surface area contributed by atoms with Crippen LogP contribution in [0.4, 0.5) is 0 Å². The third-order valence-electron chi connectivity index (χ3n) is 2.42. The molecule has 3 heteroatoms. The molecule has 3 nitrogen and oxygen atoms in total. The number of hydrogen-bond donors (Lipinski definition) is 0. The zero-order valence-corrected chi connectivity index (χ0v) is 8.44. The van der Waals surface area contributed by atoms with E-state index in [9.17, 15) is 0 Å². The van der Waals surface area contributed by atoms with Gasteiger partial charge in [0.15, 0.2) is 0 Å². The summed E-state index contributed by atoms with van der Waals surface area (Å²) in [7, 11) is 0. The van der Waals surface area contributed by atoms with E-state index in [0.29, 0.717) is 0 Å². The molecule has 0 saturated carbocycles. The minimum atomic E-state index is 0.848. The Kier molecular flexibility index (Phi) is 2.31. The van der Waals surface area contributed by atoms with Crippen LogP contribution in [0.15, 0.2) is 30.9 Å². The molecule has 0 radical (unpaired) electrons. The highest BCUT2D eigenvalue weighted by Crippen LogP contribution is 2.07. The zero-order valence-electron chi connectivity index (χ0n) is 8.44. The van der Waals surface area contributed by atoms with Gasteiger partial charge in [-0.1, -0.05) is 6.07 Å². The van der Waals surface area contributed by atoms with Gasteiger partial charge in [-0.2, -0.15) is 0 Å². The lowest BCUT2D eigenvalue weighted by Gasteiger charge is -2.04. The number of pyridine rings is 1. The molecule has 2 aromatic rings. The summed E-state index contributed by atoms with van der Waals surface area (Å²) in [6.45, 7) is 4.95. The van der Waals surface area contributed by atoms with Gasteiger partial charge in [0.2, 0.25) is 0 Å². The van der Waals surface area contributed by atoms with Crippen LogP contribution < -0.4 is 0 Å². The van der Waals surface area contributed by atoms with Crippen molar-refractivity contribution in [2.75, 3.05) is 0 Å². The molecular formula is C11H13N3. The molecular weight excluding hydrogens is 174 g/mol. The maximum atomic E-state index is 4.25. The van der Waals surface area contributed by atoms with Crippen molar-refractivity contribution < 1.29 is 0 Å². The van der Waals surface area contributed by atoms with Crippen LogP contribution in [0.5, 0.6) is 0 Å². The quantitative estimate of drug-likeness (QED) is 0.719. The van der Waals surface area contributed by atoms with Gasteiger partial charge in [-0.15, -0.1) is 0 Å². The molecule has 0 amide bonds. The molecule has 0 saturated heterocycles. The summed E-state index contributed by atoms with van der Waals surface area (Å²) in [5, 5.41) is 0. The van der Waals surface area contributed by atoms with Gasteiger partial charge in [0, 0.05) is 18.1 Å². The van der Waals surface area contributed by atoms with Crippen molar-refractivity contribution in [3.63, 3.8) is 0 Å². The molecule has 0 aliphatic heterocycles. The maximum absolute atomic E-state index is 4.25. The number of rotatable bonds is 2. The van der Waals surface area contributed by atoms with Crippen molar-refractivity contribution in [3.05, 3.63) is 47.8 Å². The van der Waals surface area contributed by atoms with Crippen LogP contribution in [-0.4, -0.2) is 14.5 Å². The molecule has 0 fully saturated rings. The molecule has 14 heavy (non-hydrogen) atoms. The normalized spacial score (nSPS) is 10.4. The molecule has 0 aliphatic carbocycles. The van der Waals surface area contributed by atoms with E-state index in [1.54, 1.807) is 6.20 Å². The Labute approximate surface area is 83.4 Å². The molecule has 0 aromatic carbocycles. The van der Waals surface area contributed by atoms with Crippen LogP contribution in [0.25, 0.3) is 0 Å². The first-order chi connectivity index (χ1) is 6.77. The monoisotopic (exact) mass is 187 g/mol. The summed E-state index contributed by atoms with van der Waals surface area (Å²) in [5.74, 6) is 0. The van der Waals surface area contributed by atoms with Gasteiger partial charge in [-0.25, -0.2) is 4.98 Å². The highest BCUT2D eigenvalue weighted by atomic mass is 15.0. The third kappa shape index (κ3) is 1.66. The lowest BCUT2D eigenvalue weighted by molar-refractivity contribution is 0.765. The second-order valence-corrected chi connectivity index (χ2v) is 3.40. The fourth-order valence-electron chi connectivity index (χ4n) is 1.39. The lowest BCUT2D eigenvalue weighted by Crippen LogP contribution is -2.00. The molecule has 0 aliphatic rings. The Morgan fingerprint density at radius 1 is 1.36 bits per heavy atom. The highest BCUT2D eigenvalue weighted by molar-refractivity contribution is 5.14. The molecule has 72 valence electrons. The van der Waals surface area contributed by atoms with Crippen molar-refractivity contribution in [1.29, 1.82) is 0 Å². The minimum Gasteiger partial charge on any atom is -0.330 e. The number of imidazole rings is 1. The van der Waals surface area contributed by atoms with Crippen LogP contribution in [0.1, 0.15) is 17.0 Å². The van der Waals surface area contributed by atoms with Crippen LogP contribution in [-0.2, 0) is 6.54 Å². The topological polar surface area (TPSA) is 30.7 Å². The Hall–Kier alpha value is -1.64. The van der Waals surface area contributed by atoms with Gasteiger partial charge >= 0.3 is 0 Å². The van der Waals surface area contributed by atoms with Crippen LogP contribution in [0.2, 0.25) is 0 Å². The van der Waals surface area contributed by atoms with Gasteiger partial charge in [0.1, 0.15) is 0 Å². The first-order valence-corrected chi connectivity index (χ1v) is 4.64. The SMILES string of the molecule is Cc1ncn(Cc2cccnc2)c1C. The summed E-state index contributed by atoms with van der Waals surface area (Å²) < 4.78 is 2.13. The van der Waals surface area contributed by atoms with Crippen molar-refractivity contribution in [3.8, 4) is 0 Å². The Balaban J connectivity index is 2.23. The van der Waals surface area contributed by atoms with Crippen LogP contribution >= 0.6 is 0 Å². The Morgan fingerprint density at radius 2 is 2.21 bits per heavy atom. The maximum Gasteiger partial charge on any atom is 0.0954 e. The second-order valence-electron chi connectivity index (χ2n) is 3.40. The smallest absolute Gasteiger partial charge is 0.0954 e. The van der Waals surface area contributed by atoms with E-state index in [2.05, 4.69) is 27.5 Å². The summed E-state index contributed by atoms with van der Waals surface area (Å²) in [6.07, 6.45) is 5.54. The summed E-state index contributed by atoms with van der Waals surface area (Å²) >= 11 is 0. The summed E-state index contributed by atoms with van der Waals surface area (Å²) in [6, 6.07) is 4.02. The molecule has 2 rings (SSSR count). The van der Waals surface area contributed by atoms with E-state index in [-0.39, 0.29) is 0 Å². The van der Waals surface area contributed by atoms with Gasteiger partial charge in [0.05, 0.1) is 18.6 Å². The molecule has 0 atom stereocenters. The van der Waals surface area contributed by atoms with Gasteiger partial charge in [-0.3, -0.25) is 4.98 Å². The first-order valence-electron chi connectivity index (χ1n) is 4.64. The largest absolute Gasteiger partial charge is 0.330 e. The third-order valence-corrected chi connectivity index (χ3v) is 2.42.